The molecular formula is C13H17N3O3S. The van der Waals surface area contributed by atoms with Crippen LogP contribution in [0.3, 0.4) is 0 Å². The molecule has 0 aliphatic rings. The zero-order valence-corrected chi connectivity index (χ0v) is 12.0. The largest absolute Gasteiger partial charge is 0.351 e. The Kier molecular flexibility index (Phi) is 5.70. The number of nitrogens with one attached hydrogen (secondary N) is 1. The summed E-state index contributed by atoms with van der Waals surface area (Å²) in [5.74, 6) is 4.94. The summed E-state index contributed by atoms with van der Waals surface area (Å²) in [6.07, 6.45) is 0. The highest BCUT2D eigenvalue weighted by Gasteiger charge is 2.11. The third-order valence-corrected chi connectivity index (χ3v) is 3.35. The topological polar surface area (TPSA) is 115 Å². The minimum atomic E-state index is -3.58. The lowest BCUT2D eigenvalue weighted by Gasteiger charge is -2.08. The van der Waals surface area contributed by atoms with Crippen molar-refractivity contribution in [1.29, 1.82) is 0 Å². The van der Waals surface area contributed by atoms with Gasteiger partial charge >= 0.3 is 0 Å². The molecule has 0 aliphatic heterocycles. The van der Waals surface area contributed by atoms with E-state index in [-0.39, 0.29) is 24.7 Å². The Morgan fingerprint density at radius 2 is 2.10 bits per heavy atom. The van der Waals surface area contributed by atoms with Gasteiger partial charge in [-0.3, -0.25) is 4.79 Å². The standard InChI is InChI=1S/C13H17N3O3S/c1-10-11(5-3-7-14)4-2-6-12(10)13(17)16-8-9-20(15,18)19/h2,4,6H,7-9,14H2,1H3,(H,16,17)(H2,15,18,19). The SMILES string of the molecule is Cc1c(C#CCN)cccc1C(=O)NCCS(N)(=O)=O. The fraction of sp³-hybridized carbons (Fsp3) is 0.308. The van der Waals surface area contributed by atoms with E-state index in [9.17, 15) is 13.2 Å². The van der Waals surface area contributed by atoms with Gasteiger partial charge < -0.3 is 11.1 Å². The van der Waals surface area contributed by atoms with Crippen LogP contribution in [0.5, 0.6) is 0 Å². The molecule has 6 nitrogen and oxygen atoms in total. The fourth-order valence-corrected chi connectivity index (χ4v) is 1.95. The average Bonchev–Trinajstić information content (AvgIpc) is 2.36. The van der Waals surface area contributed by atoms with Crippen molar-refractivity contribution < 1.29 is 13.2 Å². The first-order valence-corrected chi connectivity index (χ1v) is 7.64. The lowest BCUT2D eigenvalue weighted by Crippen LogP contribution is -2.31. The second-order valence-corrected chi connectivity index (χ2v) is 5.84. The normalized spacial score (nSPS) is 10.6. The van der Waals surface area contributed by atoms with Gasteiger partial charge in [-0.05, 0) is 24.6 Å². The van der Waals surface area contributed by atoms with Gasteiger partial charge in [0.1, 0.15) is 0 Å². The quantitative estimate of drug-likeness (QED) is 0.638. The van der Waals surface area contributed by atoms with Gasteiger partial charge in [0.25, 0.3) is 5.91 Å². The Labute approximate surface area is 118 Å². The second kappa shape index (κ2) is 7.05. The number of rotatable bonds is 4. The molecule has 0 fully saturated rings. The van der Waals surface area contributed by atoms with Crippen LogP contribution in [-0.2, 0) is 10.0 Å². The zero-order chi connectivity index (χ0) is 15.2. The maximum atomic E-state index is 12.0. The van der Waals surface area contributed by atoms with Gasteiger partial charge in [0.2, 0.25) is 10.0 Å². The summed E-state index contributed by atoms with van der Waals surface area (Å²) in [5, 5.41) is 7.37. The first-order chi connectivity index (χ1) is 9.35. The van der Waals surface area contributed by atoms with E-state index in [4.69, 9.17) is 10.9 Å². The Hall–Kier alpha value is -1.88. The Balaban J connectivity index is 2.83. The average molecular weight is 295 g/mol. The molecule has 0 spiro atoms. The van der Waals surface area contributed by atoms with Crippen molar-refractivity contribution in [3.63, 3.8) is 0 Å². The number of hydrogen-bond donors (Lipinski definition) is 3. The van der Waals surface area contributed by atoms with Crippen molar-refractivity contribution in [3.05, 3.63) is 34.9 Å². The summed E-state index contributed by atoms with van der Waals surface area (Å²) in [6, 6.07) is 5.15. The minimum Gasteiger partial charge on any atom is -0.351 e. The van der Waals surface area contributed by atoms with Crippen molar-refractivity contribution in [1.82, 2.24) is 5.32 Å². The van der Waals surface area contributed by atoms with Crippen molar-refractivity contribution in [2.75, 3.05) is 18.8 Å². The highest BCUT2D eigenvalue weighted by atomic mass is 32.2. The summed E-state index contributed by atoms with van der Waals surface area (Å²) < 4.78 is 21.6. The highest BCUT2D eigenvalue weighted by Crippen LogP contribution is 2.12. The van der Waals surface area contributed by atoms with Gasteiger partial charge in [0.15, 0.2) is 0 Å². The van der Waals surface area contributed by atoms with Crippen LogP contribution < -0.4 is 16.2 Å². The van der Waals surface area contributed by atoms with E-state index < -0.39 is 10.0 Å². The van der Waals surface area contributed by atoms with Gasteiger partial charge in [-0.15, -0.1) is 0 Å². The molecule has 1 amide bonds. The molecule has 108 valence electrons. The molecule has 0 aromatic heterocycles. The van der Waals surface area contributed by atoms with Crippen molar-refractivity contribution in [3.8, 4) is 11.8 Å². The van der Waals surface area contributed by atoms with Gasteiger partial charge in [-0.1, -0.05) is 17.9 Å². The Morgan fingerprint density at radius 3 is 2.70 bits per heavy atom. The summed E-state index contributed by atoms with van der Waals surface area (Å²) in [7, 11) is -3.58. The molecule has 7 heteroatoms. The summed E-state index contributed by atoms with van der Waals surface area (Å²) in [6.45, 7) is 1.98. The molecule has 0 unspecified atom stereocenters. The number of amides is 1. The van der Waals surface area contributed by atoms with E-state index >= 15 is 0 Å². The molecule has 1 aromatic rings. The smallest absolute Gasteiger partial charge is 0.251 e. The summed E-state index contributed by atoms with van der Waals surface area (Å²) >= 11 is 0. The van der Waals surface area contributed by atoms with Crippen LogP contribution in [0.15, 0.2) is 18.2 Å². The molecule has 0 bridgehead atoms. The second-order valence-electron chi connectivity index (χ2n) is 4.11. The van der Waals surface area contributed by atoms with E-state index in [1.165, 1.54) is 0 Å². The first-order valence-electron chi connectivity index (χ1n) is 5.92. The van der Waals surface area contributed by atoms with Crippen LogP contribution in [0.1, 0.15) is 21.5 Å². The molecule has 5 N–H and O–H groups in total. The van der Waals surface area contributed by atoms with Crippen LogP contribution in [0.2, 0.25) is 0 Å². The third kappa shape index (κ3) is 5.01. The van der Waals surface area contributed by atoms with E-state index in [2.05, 4.69) is 17.2 Å². The predicted octanol–water partition coefficient (Wildman–Crippen LogP) is -0.676. The van der Waals surface area contributed by atoms with Crippen LogP contribution in [-0.4, -0.2) is 33.2 Å². The van der Waals surface area contributed by atoms with Crippen molar-refractivity contribution >= 4 is 15.9 Å². The maximum Gasteiger partial charge on any atom is 0.251 e. The Bertz CT molecular complexity index is 657. The minimum absolute atomic E-state index is 0.0319. The fourth-order valence-electron chi connectivity index (χ4n) is 1.57. The van der Waals surface area contributed by atoms with Gasteiger partial charge in [-0.25, -0.2) is 13.6 Å². The molecule has 1 aromatic carbocycles. The number of hydrogen-bond acceptors (Lipinski definition) is 4. The molecule has 0 saturated carbocycles. The molecule has 0 heterocycles. The Morgan fingerprint density at radius 1 is 1.40 bits per heavy atom. The van der Waals surface area contributed by atoms with E-state index in [1.807, 2.05) is 0 Å². The molecular weight excluding hydrogens is 278 g/mol. The highest BCUT2D eigenvalue weighted by molar-refractivity contribution is 7.89. The number of carbonyl (C=O) groups excluding carboxylic acids is 1. The van der Waals surface area contributed by atoms with Gasteiger partial charge in [0, 0.05) is 17.7 Å². The van der Waals surface area contributed by atoms with E-state index in [1.54, 1.807) is 25.1 Å². The summed E-state index contributed by atoms with van der Waals surface area (Å²) in [4.78, 5) is 12.0. The van der Waals surface area contributed by atoms with Crippen LogP contribution >= 0.6 is 0 Å². The molecule has 0 aliphatic carbocycles. The zero-order valence-electron chi connectivity index (χ0n) is 11.1. The maximum absolute atomic E-state index is 12.0. The molecule has 20 heavy (non-hydrogen) atoms. The number of benzene rings is 1. The monoisotopic (exact) mass is 295 g/mol. The van der Waals surface area contributed by atoms with Crippen molar-refractivity contribution in [2.24, 2.45) is 10.9 Å². The van der Waals surface area contributed by atoms with Gasteiger partial charge in [-0.2, -0.15) is 0 Å². The van der Waals surface area contributed by atoms with Crippen molar-refractivity contribution in [2.45, 2.75) is 6.92 Å². The van der Waals surface area contributed by atoms with Gasteiger partial charge in [0.05, 0.1) is 12.3 Å². The first kappa shape index (κ1) is 16.2. The van der Waals surface area contributed by atoms with Crippen LogP contribution in [0, 0.1) is 18.8 Å². The van der Waals surface area contributed by atoms with E-state index in [0.29, 0.717) is 5.56 Å². The lowest BCUT2D eigenvalue weighted by molar-refractivity contribution is 0.0955. The molecule has 0 radical (unpaired) electrons. The molecule has 1 rings (SSSR count). The number of sulfonamides is 1. The third-order valence-electron chi connectivity index (χ3n) is 2.58. The number of primary sulfonamides is 1. The lowest BCUT2D eigenvalue weighted by atomic mass is 10.0. The van der Waals surface area contributed by atoms with E-state index in [0.717, 1.165) is 11.1 Å². The number of carbonyl (C=O) groups is 1. The summed E-state index contributed by atoms with van der Waals surface area (Å²) in [5.41, 5.74) is 7.20. The van der Waals surface area contributed by atoms with Crippen LogP contribution in [0.25, 0.3) is 0 Å². The predicted molar refractivity (Wildman–Crippen MR) is 77.4 cm³/mol. The molecule has 0 saturated heterocycles. The number of nitrogens with two attached hydrogens (primary N) is 2. The molecule has 0 atom stereocenters. The van der Waals surface area contributed by atoms with Crippen LogP contribution in [0.4, 0.5) is 0 Å².